The SMILES string of the molecule is Cc1nc(N=C2CCN(c3ccc(Cl)c(Cl)c3)N2)cc(C(=O)N2CCN(C(=O)OC(C)(C)C)CC2)n1. The number of carbonyl (C=O) groups is 2. The molecule has 1 aromatic carbocycles. The highest BCUT2D eigenvalue weighted by Crippen LogP contribution is 2.28. The van der Waals surface area contributed by atoms with Gasteiger partial charge in [-0.2, -0.15) is 0 Å². The number of halogens is 2. The molecule has 1 N–H and O–H groups in total. The van der Waals surface area contributed by atoms with Crippen LogP contribution in [0.3, 0.4) is 0 Å². The van der Waals surface area contributed by atoms with Gasteiger partial charge in [0.05, 0.1) is 15.7 Å². The molecular formula is C24H29Cl2N7O3. The molecule has 2 amide bonds. The minimum atomic E-state index is -0.562. The molecule has 2 aromatic rings. The first kappa shape index (κ1) is 26.0. The van der Waals surface area contributed by atoms with Crippen LogP contribution in [-0.4, -0.2) is 75.9 Å². The molecule has 0 saturated carbocycles. The molecule has 12 heteroatoms. The number of aliphatic imine (C=N–C) groups is 1. The summed E-state index contributed by atoms with van der Waals surface area (Å²) < 4.78 is 5.43. The Labute approximate surface area is 220 Å². The molecule has 0 unspecified atom stereocenters. The molecule has 0 spiro atoms. The Hall–Kier alpha value is -3.11. The Morgan fingerprint density at radius 2 is 1.69 bits per heavy atom. The van der Waals surface area contributed by atoms with Gasteiger partial charge in [0.1, 0.15) is 23.0 Å². The van der Waals surface area contributed by atoms with Gasteiger partial charge in [0.2, 0.25) is 0 Å². The van der Waals surface area contributed by atoms with Gasteiger partial charge < -0.3 is 14.5 Å². The molecular weight excluding hydrogens is 505 g/mol. The zero-order valence-electron chi connectivity index (χ0n) is 20.7. The number of rotatable bonds is 3. The molecule has 0 atom stereocenters. The number of aryl methyl sites for hydroxylation is 1. The quantitative estimate of drug-likeness (QED) is 0.629. The number of ether oxygens (including phenoxy) is 1. The van der Waals surface area contributed by atoms with Crippen molar-refractivity contribution in [3.8, 4) is 0 Å². The summed E-state index contributed by atoms with van der Waals surface area (Å²) in [6.07, 6.45) is 0.295. The van der Waals surface area contributed by atoms with Gasteiger partial charge in [0.15, 0.2) is 5.82 Å². The number of hydrogen-bond acceptors (Lipinski definition) is 7. The fourth-order valence-electron chi connectivity index (χ4n) is 3.85. The first-order chi connectivity index (χ1) is 17.0. The lowest BCUT2D eigenvalue weighted by atomic mass is 10.2. The number of anilines is 1. The molecule has 10 nitrogen and oxygen atoms in total. The normalized spacial score (nSPS) is 17.4. The van der Waals surface area contributed by atoms with Gasteiger partial charge in [-0.15, -0.1) is 0 Å². The lowest BCUT2D eigenvalue weighted by Gasteiger charge is -2.35. The molecule has 36 heavy (non-hydrogen) atoms. The van der Waals surface area contributed by atoms with Crippen LogP contribution in [0.4, 0.5) is 16.3 Å². The number of amides is 2. The number of hydrazine groups is 1. The molecule has 3 heterocycles. The minimum absolute atomic E-state index is 0.220. The van der Waals surface area contributed by atoms with Crippen molar-refractivity contribution in [2.75, 3.05) is 37.7 Å². The minimum Gasteiger partial charge on any atom is -0.444 e. The second-order valence-electron chi connectivity index (χ2n) is 9.59. The molecule has 2 saturated heterocycles. The number of carbonyl (C=O) groups excluding carboxylic acids is 2. The van der Waals surface area contributed by atoms with Crippen molar-refractivity contribution >= 4 is 52.5 Å². The van der Waals surface area contributed by atoms with Gasteiger partial charge in [0.25, 0.3) is 5.91 Å². The van der Waals surface area contributed by atoms with Crippen LogP contribution in [0.15, 0.2) is 29.3 Å². The van der Waals surface area contributed by atoms with E-state index >= 15 is 0 Å². The van der Waals surface area contributed by atoms with E-state index in [-0.39, 0.29) is 17.7 Å². The summed E-state index contributed by atoms with van der Waals surface area (Å²) >= 11 is 12.2. The van der Waals surface area contributed by atoms with Gasteiger partial charge in [-0.25, -0.2) is 19.8 Å². The Morgan fingerprint density at radius 1 is 1.00 bits per heavy atom. The Bertz CT molecular complexity index is 1190. The standard InChI is InChI=1S/C24H29Cl2N7O3/c1-15-27-19(22(34)31-9-11-32(12-10-31)23(35)36-24(2,3)4)14-21(28-15)29-20-7-8-33(30-20)16-5-6-17(25)18(26)13-16/h5-6,13-14H,7-12H2,1-4H3,(H,27,28,29,30). The third-order valence-corrected chi connectivity index (χ3v) is 6.30. The first-order valence-corrected chi connectivity index (χ1v) is 12.4. The molecule has 0 aliphatic carbocycles. The molecule has 2 aliphatic rings. The predicted molar refractivity (Wildman–Crippen MR) is 139 cm³/mol. The Kier molecular flexibility index (Phi) is 7.56. The lowest BCUT2D eigenvalue weighted by Crippen LogP contribution is -2.51. The van der Waals surface area contributed by atoms with Crippen LogP contribution >= 0.6 is 23.2 Å². The van der Waals surface area contributed by atoms with Crippen LogP contribution < -0.4 is 10.4 Å². The maximum absolute atomic E-state index is 13.1. The largest absolute Gasteiger partial charge is 0.444 e. The third-order valence-electron chi connectivity index (χ3n) is 5.56. The molecule has 1 aromatic heterocycles. The van der Waals surface area contributed by atoms with Crippen LogP contribution in [0, 0.1) is 6.92 Å². The van der Waals surface area contributed by atoms with E-state index < -0.39 is 5.60 Å². The summed E-state index contributed by atoms with van der Waals surface area (Å²) in [5.74, 6) is 1.34. The highest BCUT2D eigenvalue weighted by molar-refractivity contribution is 6.42. The van der Waals surface area contributed by atoms with E-state index in [9.17, 15) is 9.59 Å². The average Bonchev–Trinajstić information content (AvgIpc) is 3.27. The molecule has 2 aliphatic heterocycles. The van der Waals surface area contributed by atoms with Gasteiger partial charge in [-0.05, 0) is 45.9 Å². The summed E-state index contributed by atoms with van der Waals surface area (Å²) in [4.78, 5) is 42.1. The van der Waals surface area contributed by atoms with Gasteiger partial charge in [0, 0.05) is 45.2 Å². The summed E-state index contributed by atoms with van der Waals surface area (Å²) in [5.41, 5.74) is 3.82. The van der Waals surface area contributed by atoms with E-state index in [1.807, 2.05) is 31.8 Å². The molecule has 0 bridgehead atoms. The number of benzene rings is 1. The second-order valence-corrected chi connectivity index (χ2v) is 10.4. The van der Waals surface area contributed by atoms with Crippen LogP contribution in [0.5, 0.6) is 0 Å². The van der Waals surface area contributed by atoms with Gasteiger partial charge in [-0.1, -0.05) is 23.2 Å². The second kappa shape index (κ2) is 10.5. The van der Waals surface area contributed by atoms with Crippen LogP contribution in [-0.2, 0) is 4.74 Å². The van der Waals surface area contributed by atoms with E-state index in [1.54, 1.807) is 34.9 Å². The highest BCUT2D eigenvalue weighted by atomic mass is 35.5. The zero-order chi connectivity index (χ0) is 26.0. The first-order valence-electron chi connectivity index (χ1n) is 11.7. The summed E-state index contributed by atoms with van der Waals surface area (Å²) in [6.45, 7) is 9.48. The highest BCUT2D eigenvalue weighted by Gasteiger charge is 2.29. The zero-order valence-corrected chi connectivity index (χ0v) is 22.2. The number of nitrogens with zero attached hydrogens (tertiary/aromatic N) is 6. The number of aromatic nitrogens is 2. The topological polar surface area (TPSA) is 103 Å². The van der Waals surface area contributed by atoms with Crippen molar-refractivity contribution in [3.63, 3.8) is 0 Å². The van der Waals surface area contributed by atoms with Crippen LogP contribution in [0.1, 0.15) is 43.5 Å². The van der Waals surface area contributed by atoms with Crippen LogP contribution in [0.25, 0.3) is 0 Å². The summed E-state index contributed by atoms with van der Waals surface area (Å²) in [7, 11) is 0. The van der Waals surface area contributed by atoms with E-state index in [0.29, 0.717) is 66.7 Å². The van der Waals surface area contributed by atoms with E-state index in [4.69, 9.17) is 27.9 Å². The number of piperazine rings is 1. The van der Waals surface area contributed by atoms with E-state index in [0.717, 1.165) is 5.69 Å². The van der Waals surface area contributed by atoms with Crippen molar-refractivity contribution in [1.29, 1.82) is 0 Å². The lowest BCUT2D eigenvalue weighted by molar-refractivity contribution is 0.0140. The smallest absolute Gasteiger partial charge is 0.410 e. The molecule has 0 radical (unpaired) electrons. The monoisotopic (exact) mass is 533 g/mol. The van der Waals surface area contributed by atoms with Gasteiger partial charge in [-0.3, -0.25) is 15.2 Å². The van der Waals surface area contributed by atoms with Crippen LogP contribution in [0.2, 0.25) is 10.0 Å². The summed E-state index contributed by atoms with van der Waals surface area (Å²) in [5, 5.41) is 2.89. The fourth-order valence-corrected chi connectivity index (χ4v) is 4.14. The fraction of sp³-hybridized carbons (Fsp3) is 0.458. The maximum Gasteiger partial charge on any atom is 0.410 e. The Balaban J connectivity index is 1.41. The number of hydrogen-bond donors (Lipinski definition) is 1. The van der Waals surface area contributed by atoms with Crippen molar-refractivity contribution in [1.82, 2.24) is 25.2 Å². The van der Waals surface area contributed by atoms with Crippen molar-refractivity contribution in [3.05, 3.63) is 45.8 Å². The van der Waals surface area contributed by atoms with E-state index in [1.165, 1.54) is 0 Å². The average molecular weight is 534 g/mol. The molecule has 4 rings (SSSR count). The van der Waals surface area contributed by atoms with Gasteiger partial charge >= 0.3 is 6.09 Å². The van der Waals surface area contributed by atoms with Crippen molar-refractivity contribution in [2.45, 2.75) is 39.7 Å². The molecule has 192 valence electrons. The predicted octanol–water partition coefficient (Wildman–Crippen LogP) is 4.23. The van der Waals surface area contributed by atoms with Crippen molar-refractivity contribution < 1.29 is 14.3 Å². The molecule has 2 fully saturated rings. The summed E-state index contributed by atoms with van der Waals surface area (Å²) in [6, 6.07) is 6.99. The maximum atomic E-state index is 13.1. The number of amidine groups is 1. The number of nitrogens with one attached hydrogen (secondary N) is 1. The van der Waals surface area contributed by atoms with Crippen molar-refractivity contribution in [2.24, 2.45) is 4.99 Å². The third kappa shape index (κ3) is 6.36. The van der Waals surface area contributed by atoms with E-state index in [2.05, 4.69) is 20.4 Å². The Morgan fingerprint density at radius 3 is 2.36 bits per heavy atom.